The molecule has 0 amide bonds. The molecule has 7 nitrogen and oxygen atoms in total. The lowest BCUT2D eigenvalue weighted by atomic mass is 9.66. The van der Waals surface area contributed by atoms with Crippen molar-refractivity contribution in [1.29, 1.82) is 0 Å². The smallest absolute Gasteiger partial charge is 0.344 e. The molecule has 0 bridgehead atoms. The molecule has 8 heteroatoms. The van der Waals surface area contributed by atoms with Crippen LogP contribution in [0.4, 0.5) is 0 Å². The molecule has 1 spiro atoms. The van der Waals surface area contributed by atoms with Crippen LogP contribution in [0, 0.1) is 6.92 Å². The van der Waals surface area contributed by atoms with Crippen molar-refractivity contribution >= 4 is 16.0 Å². The number of benzene rings is 2. The first kappa shape index (κ1) is 23.6. The van der Waals surface area contributed by atoms with Gasteiger partial charge in [0.05, 0.1) is 11.5 Å². The fourth-order valence-corrected chi connectivity index (χ4v) is 6.75. The Morgan fingerprint density at radius 1 is 1.12 bits per heavy atom. The van der Waals surface area contributed by atoms with E-state index in [-0.39, 0.29) is 35.8 Å². The molecule has 1 N–H and O–H groups in total. The zero-order valence-corrected chi connectivity index (χ0v) is 20.0. The van der Waals surface area contributed by atoms with E-state index in [9.17, 15) is 18.3 Å². The normalized spacial score (nSPS) is 18.0. The van der Waals surface area contributed by atoms with Crippen molar-refractivity contribution in [3.05, 3.63) is 53.1 Å². The largest absolute Gasteiger partial charge is 0.508 e. The quantitative estimate of drug-likeness (QED) is 0.637. The molecule has 0 saturated heterocycles. The van der Waals surface area contributed by atoms with Gasteiger partial charge in [-0.2, -0.15) is 4.31 Å². The van der Waals surface area contributed by atoms with Crippen LogP contribution in [0.1, 0.15) is 55.7 Å². The van der Waals surface area contributed by atoms with Crippen LogP contribution in [0.25, 0.3) is 0 Å². The van der Waals surface area contributed by atoms with E-state index in [0.717, 1.165) is 37.7 Å². The molecule has 33 heavy (non-hydrogen) atoms. The lowest BCUT2D eigenvalue weighted by molar-refractivity contribution is -0.145. The number of phenolic OH excluding ortho intramolecular Hbond substituents is 1. The molecular formula is C25H31NO6S. The molecule has 1 heterocycles. The Morgan fingerprint density at radius 2 is 1.88 bits per heavy atom. The van der Waals surface area contributed by atoms with Crippen molar-refractivity contribution < 1.29 is 27.8 Å². The number of hydrogen-bond acceptors (Lipinski definition) is 6. The highest BCUT2D eigenvalue weighted by molar-refractivity contribution is 7.89. The van der Waals surface area contributed by atoms with E-state index in [2.05, 4.69) is 0 Å². The molecule has 1 aliphatic heterocycles. The predicted molar refractivity (Wildman–Crippen MR) is 124 cm³/mol. The molecule has 4 rings (SSSR count). The van der Waals surface area contributed by atoms with Gasteiger partial charge in [0.15, 0.2) is 6.61 Å². The summed E-state index contributed by atoms with van der Waals surface area (Å²) in [5.41, 5.74) is 2.45. The molecule has 2 aliphatic rings. The topological polar surface area (TPSA) is 93.1 Å². The van der Waals surface area contributed by atoms with Crippen molar-refractivity contribution in [1.82, 2.24) is 4.31 Å². The molecule has 1 aliphatic carbocycles. The molecule has 0 unspecified atom stereocenters. The van der Waals surface area contributed by atoms with Gasteiger partial charge in [-0.25, -0.2) is 13.2 Å². The highest BCUT2D eigenvalue weighted by Gasteiger charge is 2.44. The summed E-state index contributed by atoms with van der Waals surface area (Å²) < 4.78 is 39.3. The zero-order valence-electron chi connectivity index (χ0n) is 19.2. The van der Waals surface area contributed by atoms with Crippen LogP contribution in [0.5, 0.6) is 11.5 Å². The minimum Gasteiger partial charge on any atom is -0.508 e. The summed E-state index contributed by atoms with van der Waals surface area (Å²) in [6.45, 7) is 4.19. The number of phenols is 1. The number of esters is 1. The van der Waals surface area contributed by atoms with E-state index in [4.69, 9.17) is 9.47 Å². The van der Waals surface area contributed by atoms with E-state index in [1.165, 1.54) is 11.6 Å². The molecule has 0 radical (unpaired) electrons. The van der Waals surface area contributed by atoms with Gasteiger partial charge in [0.25, 0.3) is 0 Å². The lowest BCUT2D eigenvalue weighted by Gasteiger charge is -2.46. The van der Waals surface area contributed by atoms with Crippen LogP contribution in [-0.4, -0.2) is 43.6 Å². The maximum atomic E-state index is 13.7. The lowest BCUT2D eigenvalue weighted by Crippen LogP contribution is -2.48. The van der Waals surface area contributed by atoms with E-state index in [0.29, 0.717) is 17.9 Å². The minimum atomic E-state index is -3.77. The molecule has 1 saturated carbocycles. The highest BCUT2D eigenvalue weighted by atomic mass is 32.2. The van der Waals surface area contributed by atoms with E-state index in [1.807, 2.05) is 6.07 Å². The number of carbonyl (C=O) groups excluding carboxylic acids is 1. The molecule has 0 atom stereocenters. The van der Waals surface area contributed by atoms with Gasteiger partial charge in [-0.05, 0) is 73.7 Å². The second-order valence-corrected chi connectivity index (χ2v) is 10.9. The van der Waals surface area contributed by atoms with Gasteiger partial charge < -0.3 is 14.6 Å². The summed E-state index contributed by atoms with van der Waals surface area (Å²) in [6, 6.07) is 10.1. The monoisotopic (exact) mass is 473 g/mol. The number of fused-ring (bicyclic) bond motifs is 2. The average molecular weight is 474 g/mol. The number of rotatable bonds is 6. The van der Waals surface area contributed by atoms with Crippen LogP contribution in [0.2, 0.25) is 0 Å². The van der Waals surface area contributed by atoms with Crippen LogP contribution < -0.4 is 4.74 Å². The van der Waals surface area contributed by atoms with Crippen molar-refractivity contribution in [2.45, 2.75) is 62.8 Å². The number of ether oxygens (including phenoxy) is 2. The van der Waals surface area contributed by atoms with E-state index in [1.54, 1.807) is 42.4 Å². The standard InChI is InChI=1S/C25H31NO6S/c1-3-31-24(28)16-32-23-10-8-21(13-18(23)2)33(29,30)26-15-19-14-20(27)7-9-22(19)25(17-26)11-5-4-6-12-25/h7-10,13-14,27H,3-6,11-12,15-17H2,1-2H3. The summed E-state index contributed by atoms with van der Waals surface area (Å²) in [5, 5.41) is 10.1. The summed E-state index contributed by atoms with van der Waals surface area (Å²) in [7, 11) is -3.77. The molecule has 0 aromatic heterocycles. The van der Waals surface area contributed by atoms with Crippen LogP contribution in [0.15, 0.2) is 41.3 Å². The molecule has 2 aromatic carbocycles. The van der Waals surface area contributed by atoms with Crippen molar-refractivity contribution in [3.63, 3.8) is 0 Å². The van der Waals surface area contributed by atoms with Gasteiger partial charge in [-0.1, -0.05) is 25.3 Å². The summed E-state index contributed by atoms with van der Waals surface area (Å²) in [5.74, 6) is 0.124. The SMILES string of the molecule is CCOC(=O)COc1ccc(S(=O)(=O)N2Cc3cc(O)ccc3C3(CCCCC3)C2)cc1C. The molecular weight excluding hydrogens is 442 g/mol. The highest BCUT2D eigenvalue weighted by Crippen LogP contribution is 2.46. The Hall–Kier alpha value is -2.58. The Morgan fingerprint density at radius 3 is 2.58 bits per heavy atom. The van der Waals surface area contributed by atoms with Crippen LogP contribution in [-0.2, 0) is 31.5 Å². The number of aryl methyl sites for hydroxylation is 1. The van der Waals surface area contributed by atoms with Gasteiger partial charge in [0, 0.05) is 18.5 Å². The first-order valence-electron chi connectivity index (χ1n) is 11.5. The maximum Gasteiger partial charge on any atom is 0.344 e. The zero-order chi connectivity index (χ0) is 23.6. The van der Waals surface area contributed by atoms with Gasteiger partial charge in [-0.15, -0.1) is 0 Å². The second-order valence-electron chi connectivity index (χ2n) is 8.98. The van der Waals surface area contributed by atoms with Gasteiger partial charge in [0.1, 0.15) is 11.5 Å². The Labute approximate surface area is 195 Å². The number of aromatic hydroxyl groups is 1. The first-order valence-corrected chi connectivity index (χ1v) is 12.9. The summed E-state index contributed by atoms with van der Waals surface area (Å²) in [6.07, 6.45) is 5.18. The fourth-order valence-electron chi connectivity index (χ4n) is 5.16. The third kappa shape index (κ3) is 4.73. The molecule has 178 valence electrons. The number of hydrogen-bond donors (Lipinski definition) is 1. The Bertz CT molecular complexity index is 1140. The Kier molecular flexibility index (Phi) is 6.68. The number of nitrogens with zero attached hydrogens (tertiary/aromatic N) is 1. The number of sulfonamides is 1. The van der Waals surface area contributed by atoms with Gasteiger partial charge in [0.2, 0.25) is 10.0 Å². The van der Waals surface area contributed by atoms with Gasteiger partial charge >= 0.3 is 5.97 Å². The molecule has 2 aromatic rings. The minimum absolute atomic E-state index is 0.151. The fraction of sp³-hybridized carbons (Fsp3) is 0.480. The third-order valence-corrected chi connectivity index (χ3v) is 8.52. The predicted octanol–water partition coefficient (Wildman–Crippen LogP) is 4.05. The maximum absolute atomic E-state index is 13.7. The van der Waals surface area contributed by atoms with E-state index >= 15 is 0 Å². The van der Waals surface area contributed by atoms with Crippen LogP contribution >= 0.6 is 0 Å². The average Bonchev–Trinajstić information content (AvgIpc) is 2.78. The summed E-state index contributed by atoms with van der Waals surface area (Å²) >= 11 is 0. The third-order valence-electron chi connectivity index (χ3n) is 6.73. The first-order chi connectivity index (χ1) is 15.7. The second kappa shape index (κ2) is 9.35. The van der Waals surface area contributed by atoms with Crippen molar-refractivity contribution in [2.75, 3.05) is 19.8 Å². The van der Waals surface area contributed by atoms with Crippen LogP contribution in [0.3, 0.4) is 0 Å². The van der Waals surface area contributed by atoms with E-state index < -0.39 is 16.0 Å². The molecule has 1 fully saturated rings. The van der Waals surface area contributed by atoms with Crippen molar-refractivity contribution in [3.8, 4) is 11.5 Å². The number of carbonyl (C=O) groups is 1. The van der Waals surface area contributed by atoms with Crippen molar-refractivity contribution in [2.24, 2.45) is 0 Å². The van der Waals surface area contributed by atoms with Gasteiger partial charge in [-0.3, -0.25) is 0 Å². The summed E-state index contributed by atoms with van der Waals surface area (Å²) in [4.78, 5) is 11.8. The Balaban J connectivity index is 1.62.